The minimum absolute atomic E-state index is 0.0926. The molecule has 2 aromatic rings. The van der Waals surface area contributed by atoms with Gasteiger partial charge in [-0.3, -0.25) is 9.59 Å². The number of aliphatic carboxylic acids is 1. The van der Waals surface area contributed by atoms with Gasteiger partial charge in [0, 0.05) is 36.6 Å². The van der Waals surface area contributed by atoms with E-state index < -0.39 is 5.97 Å². The van der Waals surface area contributed by atoms with Crippen molar-refractivity contribution >= 4 is 17.6 Å². The van der Waals surface area contributed by atoms with Crippen LogP contribution in [0.4, 0.5) is 5.69 Å². The van der Waals surface area contributed by atoms with Crippen LogP contribution in [0, 0.1) is 0 Å². The summed E-state index contributed by atoms with van der Waals surface area (Å²) in [4.78, 5) is 22.2. The number of nitrogens with one attached hydrogen (secondary N) is 1. The van der Waals surface area contributed by atoms with Crippen molar-refractivity contribution in [1.82, 2.24) is 4.57 Å². The molecule has 5 nitrogen and oxygen atoms in total. The van der Waals surface area contributed by atoms with E-state index in [0.717, 1.165) is 11.4 Å². The number of carbonyl (C=O) groups excluding carboxylic acids is 1. The number of hydrogen-bond acceptors (Lipinski definition) is 2. The summed E-state index contributed by atoms with van der Waals surface area (Å²) in [5, 5.41) is 11.4. The van der Waals surface area contributed by atoms with E-state index in [1.54, 1.807) is 0 Å². The lowest BCUT2D eigenvalue weighted by molar-refractivity contribution is -0.137. The molecule has 0 aliphatic heterocycles. The van der Waals surface area contributed by atoms with Gasteiger partial charge in [0.15, 0.2) is 0 Å². The van der Waals surface area contributed by atoms with Gasteiger partial charge in [-0.25, -0.2) is 0 Å². The quantitative estimate of drug-likeness (QED) is 0.768. The summed E-state index contributed by atoms with van der Waals surface area (Å²) >= 11 is 0. The Morgan fingerprint density at radius 1 is 1.05 bits per heavy atom. The molecule has 0 saturated carbocycles. The molecule has 110 valence electrons. The molecule has 2 rings (SSSR count). The first kappa shape index (κ1) is 14.8. The number of rotatable bonds is 7. The van der Waals surface area contributed by atoms with Crippen molar-refractivity contribution in [1.29, 1.82) is 0 Å². The van der Waals surface area contributed by atoms with Crippen LogP contribution in [-0.4, -0.2) is 21.6 Å². The topological polar surface area (TPSA) is 71.3 Å². The molecule has 0 aliphatic carbocycles. The van der Waals surface area contributed by atoms with Gasteiger partial charge in [0.1, 0.15) is 0 Å². The summed E-state index contributed by atoms with van der Waals surface area (Å²) in [5.41, 5.74) is 1.72. The summed E-state index contributed by atoms with van der Waals surface area (Å²) in [6.07, 6.45) is 5.42. The third kappa shape index (κ3) is 4.80. The summed E-state index contributed by atoms with van der Waals surface area (Å²) in [5.74, 6) is -0.917. The van der Waals surface area contributed by atoms with Crippen LogP contribution >= 0.6 is 0 Å². The van der Waals surface area contributed by atoms with E-state index in [-0.39, 0.29) is 12.3 Å². The molecule has 0 unspecified atom stereocenters. The van der Waals surface area contributed by atoms with E-state index in [2.05, 4.69) is 5.32 Å². The molecule has 0 radical (unpaired) electrons. The molecule has 0 bridgehead atoms. The van der Waals surface area contributed by atoms with Crippen LogP contribution in [0.5, 0.6) is 0 Å². The van der Waals surface area contributed by atoms with Crippen LogP contribution in [0.15, 0.2) is 48.8 Å². The van der Waals surface area contributed by atoms with Crippen molar-refractivity contribution in [2.45, 2.75) is 25.7 Å². The number of hydrogen-bond donors (Lipinski definition) is 2. The largest absolute Gasteiger partial charge is 0.481 e. The van der Waals surface area contributed by atoms with Gasteiger partial charge in [0.25, 0.3) is 0 Å². The summed E-state index contributed by atoms with van der Waals surface area (Å²) in [6, 6.07) is 11.5. The number of amides is 1. The molecular formula is C16H18N2O3. The standard InChI is InChI=1S/C16H18N2O3/c19-15(8-1-2-9-16(20)21)17-13-6-5-7-14(12-13)18-10-3-4-11-18/h3-7,10-12H,1-2,8-9H2,(H,17,19)(H,20,21). The number of carbonyl (C=O) groups is 2. The fourth-order valence-corrected chi connectivity index (χ4v) is 2.04. The average Bonchev–Trinajstić information content (AvgIpc) is 2.98. The first-order chi connectivity index (χ1) is 10.1. The Balaban J connectivity index is 1.86. The van der Waals surface area contributed by atoms with Crippen LogP contribution in [0.25, 0.3) is 5.69 Å². The Labute approximate surface area is 123 Å². The fraction of sp³-hybridized carbons (Fsp3) is 0.250. The highest BCUT2D eigenvalue weighted by Gasteiger charge is 2.04. The van der Waals surface area contributed by atoms with Crippen molar-refractivity contribution in [3.63, 3.8) is 0 Å². The number of aromatic nitrogens is 1. The van der Waals surface area contributed by atoms with E-state index >= 15 is 0 Å². The maximum Gasteiger partial charge on any atom is 0.303 e. The van der Waals surface area contributed by atoms with Crippen LogP contribution in [0.1, 0.15) is 25.7 Å². The van der Waals surface area contributed by atoms with Crippen LogP contribution in [0.2, 0.25) is 0 Å². The highest BCUT2D eigenvalue weighted by Crippen LogP contribution is 2.15. The summed E-state index contributed by atoms with van der Waals surface area (Å²) in [6.45, 7) is 0. The van der Waals surface area contributed by atoms with Crippen LogP contribution < -0.4 is 5.32 Å². The van der Waals surface area contributed by atoms with Crippen LogP contribution in [0.3, 0.4) is 0 Å². The average molecular weight is 286 g/mol. The lowest BCUT2D eigenvalue weighted by Gasteiger charge is -2.08. The Morgan fingerprint density at radius 3 is 2.48 bits per heavy atom. The number of nitrogens with zero attached hydrogens (tertiary/aromatic N) is 1. The smallest absolute Gasteiger partial charge is 0.303 e. The van der Waals surface area contributed by atoms with E-state index in [0.29, 0.717) is 19.3 Å². The molecule has 0 spiro atoms. The summed E-state index contributed by atoms with van der Waals surface area (Å²) < 4.78 is 1.96. The van der Waals surface area contributed by atoms with Gasteiger partial charge in [-0.15, -0.1) is 0 Å². The molecule has 1 heterocycles. The zero-order valence-electron chi connectivity index (χ0n) is 11.7. The van der Waals surface area contributed by atoms with Gasteiger partial charge < -0.3 is 15.0 Å². The van der Waals surface area contributed by atoms with Gasteiger partial charge >= 0.3 is 5.97 Å². The lowest BCUT2D eigenvalue weighted by Crippen LogP contribution is -2.11. The Hall–Kier alpha value is -2.56. The van der Waals surface area contributed by atoms with Crippen molar-refractivity contribution in [3.8, 4) is 5.69 Å². The normalized spacial score (nSPS) is 10.3. The third-order valence-corrected chi connectivity index (χ3v) is 3.08. The van der Waals surface area contributed by atoms with Crippen molar-refractivity contribution in [3.05, 3.63) is 48.8 Å². The number of anilines is 1. The number of benzene rings is 1. The molecular weight excluding hydrogens is 268 g/mol. The molecule has 1 amide bonds. The Bertz CT molecular complexity index is 606. The van der Waals surface area contributed by atoms with Crippen molar-refractivity contribution in [2.24, 2.45) is 0 Å². The maximum atomic E-state index is 11.8. The highest BCUT2D eigenvalue weighted by molar-refractivity contribution is 5.90. The van der Waals surface area contributed by atoms with Crippen molar-refractivity contribution < 1.29 is 14.7 Å². The molecule has 5 heteroatoms. The van der Waals surface area contributed by atoms with Crippen LogP contribution in [-0.2, 0) is 9.59 Å². The zero-order chi connectivity index (χ0) is 15.1. The third-order valence-electron chi connectivity index (χ3n) is 3.08. The predicted octanol–water partition coefficient (Wildman–Crippen LogP) is 3.06. The lowest BCUT2D eigenvalue weighted by atomic mass is 10.2. The molecule has 0 aliphatic rings. The minimum atomic E-state index is -0.824. The number of unbranched alkanes of at least 4 members (excludes halogenated alkanes) is 1. The second-order valence-electron chi connectivity index (χ2n) is 4.79. The van der Waals surface area contributed by atoms with E-state index in [4.69, 9.17) is 5.11 Å². The molecule has 21 heavy (non-hydrogen) atoms. The first-order valence-electron chi connectivity index (χ1n) is 6.90. The Kier molecular flexibility index (Phi) is 5.15. The number of carboxylic acids is 1. The fourth-order valence-electron chi connectivity index (χ4n) is 2.04. The SMILES string of the molecule is O=C(O)CCCCC(=O)Nc1cccc(-n2cccc2)c1. The monoisotopic (exact) mass is 286 g/mol. The zero-order valence-corrected chi connectivity index (χ0v) is 11.7. The van der Waals surface area contributed by atoms with E-state index in [1.165, 1.54) is 0 Å². The molecule has 1 aromatic carbocycles. The first-order valence-corrected chi connectivity index (χ1v) is 6.90. The van der Waals surface area contributed by atoms with Gasteiger partial charge in [-0.2, -0.15) is 0 Å². The summed E-state index contributed by atoms with van der Waals surface area (Å²) in [7, 11) is 0. The number of carboxylic acid groups (broad SMARTS) is 1. The Morgan fingerprint density at radius 2 is 1.76 bits per heavy atom. The maximum absolute atomic E-state index is 11.8. The molecule has 2 N–H and O–H groups in total. The van der Waals surface area contributed by atoms with Gasteiger partial charge in [-0.1, -0.05) is 6.07 Å². The van der Waals surface area contributed by atoms with E-state index in [9.17, 15) is 9.59 Å². The van der Waals surface area contributed by atoms with Gasteiger partial charge in [0.2, 0.25) is 5.91 Å². The van der Waals surface area contributed by atoms with Gasteiger partial charge in [-0.05, 0) is 43.2 Å². The molecule has 0 fully saturated rings. The predicted molar refractivity (Wildman–Crippen MR) is 80.5 cm³/mol. The minimum Gasteiger partial charge on any atom is -0.481 e. The van der Waals surface area contributed by atoms with E-state index in [1.807, 2.05) is 53.4 Å². The molecule has 0 saturated heterocycles. The molecule has 0 atom stereocenters. The molecule has 1 aromatic heterocycles. The highest BCUT2D eigenvalue weighted by atomic mass is 16.4. The second-order valence-corrected chi connectivity index (χ2v) is 4.79. The van der Waals surface area contributed by atoms with Gasteiger partial charge in [0.05, 0.1) is 0 Å². The second kappa shape index (κ2) is 7.28. The van der Waals surface area contributed by atoms with Crippen molar-refractivity contribution in [2.75, 3.05) is 5.32 Å².